The molecule has 1 unspecified atom stereocenters. The number of nitrogens with two attached hydrogens (primary N) is 1. The smallest absolute Gasteiger partial charge is 0.228 e. The van der Waals surface area contributed by atoms with Crippen LogP contribution in [0.4, 0.5) is 0 Å². The molecule has 0 aliphatic carbocycles. The van der Waals surface area contributed by atoms with Gasteiger partial charge < -0.3 is 10.3 Å². The van der Waals surface area contributed by atoms with Gasteiger partial charge in [0.05, 0.1) is 0 Å². The molecule has 0 amide bonds. The third kappa shape index (κ3) is 7.39. The molecule has 4 heteroatoms. The van der Waals surface area contributed by atoms with Crippen LogP contribution in [-0.4, -0.2) is 16.2 Å². The summed E-state index contributed by atoms with van der Waals surface area (Å²) in [5, 5.41) is 4.04. The highest BCUT2D eigenvalue weighted by molar-refractivity contribution is 5.54. The lowest BCUT2D eigenvalue weighted by molar-refractivity contribution is 0.372. The molecule has 0 aliphatic heterocycles. The quantitative estimate of drug-likeness (QED) is 0.530. The summed E-state index contributed by atoms with van der Waals surface area (Å²) < 4.78 is 5.25. The lowest BCUT2D eigenvalue weighted by Gasteiger charge is -2.03. The SMILES string of the molecule is CCCCCCCCCCc1ccc(-c2noc(CC(C)N)n2)cc1. The Bertz CT molecular complexity index is 589. The van der Waals surface area contributed by atoms with Gasteiger partial charge in [-0.15, -0.1) is 0 Å². The van der Waals surface area contributed by atoms with Crippen molar-refractivity contribution in [2.24, 2.45) is 5.73 Å². The Morgan fingerprint density at radius 2 is 1.60 bits per heavy atom. The van der Waals surface area contributed by atoms with Crippen molar-refractivity contribution in [2.45, 2.75) is 84.1 Å². The Labute approximate surface area is 152 Å². The van der Waals surface area contributed by atoms with Gasteiger partial charge in [0.15, 0.2) is 0 Å². The first-order valence-corrected chi connectivity index (χ1v) is 9.86. The fraction of sp³-hybridized carbons (Fsp3) is 0.619. The van der Waals surface area contributed by atoms with E-state index in [1.54, 1.807) is 0 Å². The van der Waals surface area contributed by atoms with Crippen LogP contribution in [0.5, 0.6) is 0 Å². The second-order valence-electron chi connectivity index (χ2n) is 7.11. The maximum atomic E-state index is 5.76. The van der Waals surface area contributed by atoms with Crippen LogP contribution < -0.4 is 5.73 Å². The zero-order valence-corrected chi connectivity index (χ0v) is 15.8. The summed E-state index contributed by atoms with van der Waals surface area (Å²) >= 11 is 0. The first-order valence-electron chi connectivity index (χ1n) is 9.86. The molecule has 1 aromatic carbocycles. The van der Waals surface area contributed by atoms with Crippen molar-refractivity contribution in [3.63, 3.8) is 0 Å². The predicted molar refractivity (Wildman–Crippen MR) is 103 cm³/mol. The van der Waals surface area contributed by atoms with E-state index in [0.29, 0.717) is 18.1 Å². The molecule has 2 aromatic rings. The average Bonchev–Trinajstić information content (AvgIpc) is 3.05. The summed E-state index contributed by atoms with van der Waals surface area (Å²) in [6.07, 6.45) is 12.6. The molecule has 4 nitrogen and oxygen atoms in total. The summed E-state index contributed by atoms with van der Waals surface area (Å²) in [4.78, 5) is 4.41. The summed E-state index contributed by atoms with van der Waals surface area (Å²) in [7, 11) is 0. The van der Waals surface area contributed by atoms with Crippen molar-refractivity contribution in [1.29, 1.82) is 0 Å². The number of benzene rings is 1. The highest BCUT2D eigenvalue weighted by atomic mass is 16.5. The second kappa shape index (κ2) is 11.0. The third-order valence-corrected chi connectivity index (χ3v) is 4.50. The van der Waals surface area contributed by atoms with Gasteiger partial charge in [-0.1, -0.05) is 81.3 Å². The topological polar surface area (TPSA) is 64.9 Å². The van der Waals surface area contributed by atoms with Crippen LogP contribution in [-0.2, 0) is 12.8 Å². The van der Waals surface area contributed by atoms with Gasteiger partial charge in [0, 0.05) is 18.0 Å². The minimum atomic E-state index is 0.0299. The first kappa shape index (κ1) is 19.6. The van der Waals surface area contributed by atoms with Gasteiger partial charge in [-0.25, -0.2) is 0 Å². The zero-order chi connectivity index (χ0) is 17.9. The minimum Gasteiger partial charge on any atom is -0.339 e. The highest BCUT2D eigenvalue weighted by Gasteiger charge is 2.10. The molecule has 0 spiro atoms. The van der Waals surface area contributed by atoms with Crippen LogP contribution >= 0.6 is 0 Å². The van der Waals surface area contributed by atoms with Crippen LogP contribution in [0.1, 0.15) is 76.7 Å². The van der Waals surface area contributed by atoms with Crippen molar-refractivity contribution in [3.05, 3.63) is 35.7 Å². The highest BCUT2D eigenvalue weighted by Crippen LogP contribution is 2.18. The Balaban J connectivity index is 1.70. The molecule has 1 heterocycles. The fourth-order valence-corrected chi connectivity index (χ4v) is 3.01. The maximum absolute atomic E-state index is 5.76. The van der Waals surface area contributed by atoms with E-state index >= 15 is 0 Å². The maximum Gasteiger partial charge on any atom is 0.228 e. The molecular formula is C21H33N3O. The summed E-state index contributed by atoms with van der Waals surface area (Å²) in [6, 6.07) is 8.56. The van der Waals surface area contributed by atoms with E-state index in [-0.39, 0.29) is 6.04 Å². The molecule has 2 N–H and O–H groups in total. The Kier molecular flexibility index (Phi) is 8.67. The summed E-state index contributed by atoms with van der Waals surface area (Å²) in [5.74, 6) is 1.25. The number of rotatable bonds is 12. The Hall–Kier alpha value is -1.68. The molecule has 0 saturated carbocycles. The molecule has 138 valence electrons. The number of hydrogen-bond acceptors (Lipinski definition) is 4. The molecule has 0 radical (unpaired) electrons. The standard InChI is InChI=1S/C21H33N3O/c1-3-4-5-6-7-8-9-10-11-18-12-14-19(15-13-18)21-23-20(25-24-21)16-17(2)22/h12-15,17H,3-11,16,22H2,1-2H3. The molecule has 1 aromatic heterocycles. The van der Waals surface area contributed by atoms with E-state index in [1.807, 2.05) is 6.92 Å². The lowest BCUT2D eigenvalue weighted by Crippen LogP contribution is -2.17. The Morgan fingerprint density at radius 3 is 2.24 bits per heavy atom. The van der Waals surface area contributed by atoms with Crippen molar-refractivity contribution in [3.8, 4) is 11.4 Å². The predicted octanol–water partition coefficient (Wildman–Crippen LogP) is 5.31. The van der Waals surface area contributed by atoms with Crippen molar-refractivity contribution >= 4 is 0 Å². The van der Waals surface area contributed by atoms with E-state index < -0.39 is 0 Å². The zero-order valence-electron chi connectivity index (χ0n) is 15.8. The first-order chi connectivity index (χ1) is 12.2. The molecule has 0 bridgehead atoms. The summed E-state index contributed by atoms with van der Waals surface area (Å²) in [6.45, 7) is 4.20. The van der Waals surface area contributed by atoms with Crippen LogP contribution in [0.15, 0.2) is 28.8 Å². The van der Waals surface area contributed by atoms with E-state index in [2.05, 4.69) is 41.3 Å². The van der Waals surface area contributed by atoms with Gasteiger partial charge >= 0.3 is 0 Å². The van der Waals surface area contributed by atoms with E-state index in [4.69, 9.17) is 10.3 Å². The lowest BCUT2D eigenvalue weighted by atomic mass is 10.0. The largest absolute Gasteiger partial charge is 0.339 e. The summed E-state index contributed by atoms with van der Waals surface area (Å²) in [5.41, 5.74) is 8.15. The van der Waals surface area contributed by atoms with Crippen LogP contribution in [0, 0.1) is 0 Å². The monoisotopic (exact) mass is 343 g/mol. The average molecular weight is 344 g/mol. The van der Waals surface area contributed by atoms with Crippen LogP contribution in [0.3, 0.4) is 0 Å². The van der Waals surface area contributed by atoms with E-state index in [9.17, 15) is 0 Å². The molecule has 0 fully saturated rings. The molecule has 1 atom stereocenters. The van der Waals surface area contributed by atoms with E-state index in [1.165, 1.54) is 56.9 Å². The number of unbranched alkanes of at least 4 members (excludes halogenated alkanes) is 7. The number of nitrogens with zero attached hydrogens (tertiary/aromatic N) is 2. The number of hydrogen-bond donors (Lipinski definition) is 1. The fourth-order valence-electron chi connectivity index (χ4n) is 3.01. The molecule has 0 aliphatic rings. The molecule has 2 rings (SSSR count). The van der Waals surface area contributed by atoms with Gasteiger partial charge in [-0.2, -0.15) is 4.98 Å². The van der Waals surface area contributed by atoms with Crippen molar-refractivity contribution < 1.29 is 4.52 Å². The van der Waals surface area contributed by atoms with Gasteiger partial charge in [0.25, 0.3) is 0 Å². The van der Waals surface area contributed by atoms with Crippen LogP contribution in [0.25, 0.3) is 11.4 Å². The number of aromatic nitrogens is 2. The molecule has 25 heavy (non-hydrogen) atoms. The molecular weight excluding hydrogens is 310 g/mol. The Morgan fingerprint density at radius 1 is 0.960 bits per heavy atom. The van der Waals surface area contributed by atoms with Crippen LogP contribution in [0.2, 0.25) is 0 Å². The third-order valence-electron chi connectivity index (χ3n) is 4.50. The van der Waals surface area contributed by atoms with Gasteiger partial charge in [-0.3, -0.25) is 0 Å². The normalized spacial score (nSPS) is 12.4. The van der Waals surface area contributed by atoms with Gasteiger partial charge in [0.1, 0.15) is 0 Å². The van der Waals surface area contributed by atoms with Gasteiger partial charge in [-0.05, 0) is 25.3 Å². The van der Waals surface area contributed by atoms with Gasteiger partial charge in [0.2, 0.25) is 11.7 Å². The van der Waals surface area contributed by atoms with E-state index in [0.717, 1.165) is 12.0 Å². The minimum absolute atomic E-state index is 0.0299. The van der Waals surface area contributed by atoms with Crippen molar-refractivity contribution in [1.82, 2.24) is 10.1 Å². The second-order valence-corrected chi connectivity index (χ2v) is 7.11. The van der Waals surface area contributed by atoms with Crippen molar-refractivity contribution in [2.75, 3.05) is 0 Å². The molecule has 0 saturated heterocycles. The number of aryl methyl sites for hydroxylation is 1.